The van der Waals surface area contributed by atoms with Crippen molar-refractivity contribution < 1.29 is 21.7 Å². The largest absolute Gasteiger partial charge is 0.535 e. The molecule has 0 unspecified atom stereocenters. The van der Waals surface area contributed by atoms with Crippen LogP contribution in [0.25, 0.3) is 0 Å². The third kappa shape index (κ3) is 6.76. The first kappa shape index (κ1) is 15.7. The zero-order chi connectivity index (χ0) is 2.83. The molecule has 0 amide bonds. The molecule has 0 aromatic rings. The number of hydrogen-bond acceptors (Lipinski definition) is 2. The molecule has 0 aliphatic carbocycles. The fourth-order valence-corrected chi connectivity index (χ4v) is 0.0791. The summed E-state index contributed by atoms with van der Waals surface area (Å²) in [5.74, 6) is 0. The Morgan fingerprint density at radius 3 is 1.57 bits per heavy atom. The molecule has 5 heteroatoms. The van der Waals surface area contributed by atoms with Crippen LogP contribution in [0.1, 0.15) is 0 Å². The van der Waals surface area contributed by atoms with E-state index >= 15 is 0 Å². The van der Waals surface area contributed by atoms with Crippen LogP contribution in [-0.4, -0.2) is 13.0 Å². The summed E-state index contributed by atoms with van der Waals surface area (Å²) in [4.78, 5) is 3.56. The molecule has 0 fully saturated rings. The zero-order valence-corrected chi connectivity index (χ0v) is 6.67. The summed E-state index contributed by atoms with van der Waals surface area (Å²) in [5, 5.41) is 2.69. The Morgan fingerprint density at radius 1 is 1.43 bits per heavy atom. The van der Waals surface area contributed by atoms with E-state index in [1.807, 2.05) is 0 Å². The Balaban J connectivity index is -0.0000000533. The molecule has 1 heterocycles. The second kappa shape index (κ2) is 9.90. The standard InChI is InChI=1S/C2H3N2.2ClH.Ti/c1-3-2-4-1;;;/h1H2,(H,3,4);2*1H;/q-1;;;. The Morgan fingerprint density at radius 2 is 1.57 bits per heavy atom. The predicted octanol–water partition coefficient (Wildman–Crippen LogP) is 0.293. The molecule has 0 saturated carbocycles. The Kier molecular flexibility index (Phi) is 22.1. The monoisotopic (exact) mass is 175 g/mol. The normalized spacial score (nSPS) is 10.3. The molecule has 0 aromatic heterocycles. The number of aliphatic imine (C=N–C) groups is 1. The molecule has 0 saturated heterocycles. The van der Waals surface area contributed by atoms with Crippen LogP contribution in [0.2, 0.25) is 0 Å². The van der Waals surface area contributed by atoms with Crippen LogP contribution in [-0.2, 0) is 21.7 Å². The van der Waals surface area contributed by atoms with E-state index in [-0.39, 0.29) is 46.5 Å². The predicted molar refractivity (Wildman–Crippen MR) is 29.9 cm³/mol. The molecule has 0 atom stereocenters. The first-order valence-electron chi connectivity index (χ1n) is 1.14. The van der Waals surface area contributed by atoms with Gasteiger partial charge in [-0.1, -0.05) is 0 Å². The van der Waals surface area contributed by atoms with Crippen molar-refractivity contribution in [2.45, 2.75) is 0 Å². The van der Waals surface area contributed by atoms with Crippen LogP contribution in [0, 0.1) is 0 Å². The van der Waals surface area contributed by atoms with Crippen LogP contribution in [0.5, 0.6) is 0 Å². The molecular weight excluding hydrogens is 171 g/mol. The molecule has 0 aromatic carbocycles. The summed E-state index contributed by atoms with van der Waals surface area (Å²) < 4.78 is 0. The van der Waals surface area contributed by atoms with Gasteiger partial charge in [-0.3, -0.25) is 6.34 Å². The van der Waals surface area contributed by atoms with Gasteiger partial charge in [0.05, 0.1) is 0 Å². The van der Waals surface area contributed by atoms with Gasteiger partial charge in [0.2, 0.25) is 0 Å². The first-order valence-corrected chi connectivity index (χ1v) is 1.14. The Bertz CT molecular complexity index is 43.0. The van der Waals surface area contributed by atoms with Crippen molar-refractivity contribution >= 4 is 31.2 Å². The summed E-state index contributed by atoms with van der Waals surface area (Å²) in [6.45, 7) is 0.764. The Labute approximate surface area is 69.9 Å². The third-order valence-electron chi connectivity index (χ3n) is 0.316. The molecule has 0 spiro atoms. The van der Waals surface area contributed by atoms with Gasteiger partial charge in [0.1, 0.15) is 0 Å². The molecule has 1 rings (SSSR count). The maximum absolute atomic E-state index is 3.56. The minimum absolute atomic E-state index is 0. The van der Waals surface area contributed by atoms with E-state index < -0.39 is 0 Å². The molecule has 7 heavy (non-hydrogen) atoms. The second-order valence-electron chi connectivity index (χ2n) is 0.605. The maximum atomic E-state index is 3.56. The average molecular weight is 176 g/mol. The molecular formula is C2H5Cl2N2Ti-. The van der Waals surface area contributed by atoms with Crippen LogP contribution in [0.15, 0.2) is 4.99 Å². The van der Waals surface area contributed by atoms with Gasteiger partial charge in [0, 0.05) is 28.4 Å². The van der Waals surface area contributed by atoms with Gasteiger partial charge >= 0.3 is 0 Å². The van der Waals surface area contributed by atoms with Gasteiger partial charge in [0.25, 0.3) is 0 Å². The van der Waals surface area contributed by atoms with Crippen LogP contribution >= 0.6 is 24.8 Å². The summed E-state index contributed by atoms with van der Waals surface area (Å²) in [5.41, 5.74) is 0. The van der Waals surface area contributed by atoms with Crippen molar-refractivity contribution in [3.63, 3.8) is 0 Å². The van der Waals surface area contributed by atoms with Crippen molar-refractivity contribution in [3.05, 3.63) is 0 Å². The molecule has 2 nitrogen and oxygen atoms in total. The van der Waals surface area contributed by atoms with Crippen molar-refractivity contribution in [2.75, 3.05) is 6.67 Å². The van der Waals surface area contributed by atoms with E-state index in [0.29, 0.717) is 0 Å². The van der Waals surface area contributed by atoms with Crippen LogP contribution in [0.3, 0.4) is 0 Å². The zero-order valence-electron chi connectivity index (χ0n) is 3.47. The fraction of sp³-hybridized carbons (Fsp3) is 0.500. The van der Waals surface area contributed by atoms with Crippen molar-refractivity contribution in [2.24, 2.45) is 4.99 Å². The number of halogens is 2. The van der Waals surface area contributed by atoms with E-state index in [9.17, 15) is 0 Å². The number of hydrogen-bond donors (Lipinski definition) is 1. The van der Waals surface area contributed by atoms with Gasteiger partial charge < -0.3 is 10.3 Å². The van der Waals surface area contributed by atoms with Gasteiger partial charge in [-0.05, 0) is 0 Å². The fourth-order valence-electron chi connectivity index (χ4n) is 0.0791. The third-order valence-corrected chi connectivity index (χ3v) is 0.316. The number of rotatable bonds is 0. The van der Waals surface area contributed by atoms with Gasteiger partial charge in [-0.25, -0.2) is 0 Å². The van der Waals surface area contributed by atoms with Crippen molar-refractivity contribution in [3.8, 4) is 0 Å². The minimum atomic E-state index is 0. The minimum Gasteiger partial charge on any atom is -0.535 e. The van der Waals surface area contributed by atoms with E-state index in [2.05, 4.69) is 16.6 Å². The Hall–Kier alpha value is 0.764. The summed E-state index contributed by atoms with van der Waals surface area (Å²) in [6, 6.07) is 0. The average Bonchev–Trinajstić information content (AvgIpc) is 0.722. The summed E-state index contributed by atoms with van der Waals surface area (Å²) >= 11 is 0. The van der Waals surface area contributed by atoms with E-state index in [4.69, 9.17) is 0 Å². The molecule has 1 N–H and O–H groups in total. The van der Waals surface area contributed by atoms with Crippen LogP contribution in [0.4, 0.5) is 0 Å². The smallest absolute Gasteiger partial charge is 0.0434 e. The first-order chi connectivity index (χ1) is 2.00. The molecule has 1 aliphatic rings. The van der Waals surface area contributed by atoms with Gasteiger partial charge in [-0.2, -0.15) is 0 Å². The van der Waals surface area contributed by atoms with Gasteiger partial charge in [-0.15, -0.1) is 24.8 Å². The molecule has 42 valence electrons. The van der Waals surface area contributed by atoms with Crippen molar-refractivity contribution in [1.82, 2.24) is 5.32 Å². The van der Waals surface area contributed by atoms with Crippen molar-refractivity contribution in [1.29, 1.82) is 0 Å². The van der Waals surface area contributed by atoms with E-state index in [1.165, 1.54) is 0 Å². The second-order valence-corrected chi connectivity index (χ2v) is 0.605. The molecule has 1 aliphatic heterocycles. The summed E-state index contributed by atoms with van der Waals surface area (Å²) in [6.07, 6.45) is 2.49. The van der Waals surface area contributed by atoms with Gasteiger partial charge in [0.15, 0.2) is 0 Å². The van der Waals surface area contributed by atoms with Crippen LogP contribution < -0.4 is 5.32 Å². The molecule has 0 radical (unpaired) electrons. The number of nitrogens with one attached hydrogen (secondary N) is 1. The summed E-state index contributed by atoms with van der Waals surface area (Å²) in [7, 11) is 0. The van der Waals surface area contributed by atoms with E-state index in [0.717, 1.165) is 6.67 Å². The SMILES string of the molecule is Cl.Cl.[C-]1=NCN1.[Ti]. The molecule has 0 bridgehead atoms. The van der Waals surface area contributed by atoms with E-state index in [1.54, 1.807) is 0 Å². The number of nitrogens with zero attached hydrogens (tertiary/aromatic N) is 1. The topological polar surface area (TPSA) is 24.4 Å². The maximum Gasteiger partial charge on any atom is 0.0434 e. The quantitative estimate of drug-likeness (QED) is 0.416.